The highest BCUT2D eigenvalue weighted by atomic mass is 35.5. The van der Waals surface area contributed by atoms with Crippen LogP contribution in [0.5, 0.6) is 0 Å². The van der Waals surface area contributed by atoms with Crippen molar-refractivity contribution in [3.05, 3.63) is 40.0 Å². The van der Waals surface area contributed by atoms with Gasteiger partial charge in [0.2, 0.25) is 0 Å². The number of aryl methyl sites for hydroxylation is 1. The summed E-state index contributed by atoms with van der Waals surface area (Å²) in [6.45, 7) is 2.06. The number of benzene rings is 1. The Labute approximate surface area is 92.7 Å². The van der Waals surface area contributed by atoms with E-state index in [0.29, 0.717) is 5.02 Å². The maximum atomic E-state index is 6.21. The zero-order valence-corrected chi connectivity index (χ0v) is 9.23. The minimum atomic E-state index is 0.685. The first-order chi connectivity index (χ1) is 6.72. The van der Waals surface area contributed by atoms with Crippen molar-refractivity contribution in [3.8, 4) is 0 Å². The number of hydrogen-bond donors (Lipinski definition) is 0. The quantitative estimate of drug-likeness (QED) is 0.713. The molecule has 0 saturated heterocycles. The van der Waals surface area contributed by atoms with Crippen molar-refractivity contribution in [1.29, 1.82) is 0 Å². The zero-order valence-electron chi connectivity index (χ0n) is 7.72. The number of hydrogen-bond acceptors (Lipinski definition) is 1. The molecule has 0 radical (unpaired) electrons. The average Bonchev–Trinajstić information content (AvgIpc) is 2.18. The van der Waals surface area contributed by atoms with Crippen LogP contribution in [-0.2, 0) is 6.42 Å². The van der Waals surface area contributed by atoms with Gasteiger partial charge >= 0.3 is 0 Å². The fourth-order valence-electron chi connectivity index (χ4n) is 1.42. The van der Waals surface area contributed by atoms with E-state index in [9.17, 15) is 0 Å². The number of aromatic nitrogens is 1. The molecule has 0 atom stereocenters. The number of nitrogens with zero attached hydrogens (tertiary/aromatic N) is 1. The van der Waals surface area contributed by atoms with E-state index in [-0.39, 0.29) is 0 Å². The lowest BCUT2D eigenvalue weighted by Gasteiger charge is -2.04. The standard InChI is InChI=1S/C11H9Cl2N/c1-2-7-6-14-10-5-8(12)3-4-9(10)11(7)13/h3-6H,2H2,1H3. The first-order valence-electron chi connectivity index (χ1n) is 4.45. The Morgan fingerprint density at radius 3 is 2.79 bits per heavy atom. The van der Waals surface area contributed by atoms with E-state index in [4.69, 9.17) is 23.2 Å². The normalized spacial score (nSPS) is 10.8. The molecule has 0 bridgehead atoms. The van der Waals surface area contributed by atoms with E-state index in [1.54, 1.807) is 6.20 Å². The van der Waals surface area contributed by atoms with Crippen LogP contribution in [0.1, 0.15) is 12.5 Å². The van der Waals surface area contributed by atoms with E-state index in [1.807, 2.05) is 18.2 Å². The minimum Gasteiger partial charge on any atom is -0.256 e. The third-order valence-electron chi connectivity index (χ3n) is 2.22. The molecule has 0 N–H and O–H groups in total. The van der Waals surface area contributed by atoms with Crippen molar-refractivity contribution in [2.75, 3.05) is 0 Å². The van der Waals surface area contributed by atoms with Crippen LogP contribution in [0.3, 0.4) is 0 Å². The van der Waals surface area contributed by atoms with Crippen molar-refractivity contribution in [2.24, 2.45) is 0 Å². The highest BCUT2D eigenvalue weighted by Gasteiger charge is 2.05. The second kappa shape index (κ2) is 3.76. The maximum Gasteiger partial charge on any atom is 0.0731 e. The molecule has 3 heteroatoms. The molecule has 14 heavy (non-hydrogen) atoms. The lowest BCUT2D eigenvalue weighted by molar-refractivity contribution is 1.12. The van der Waals surface area contributed by atoms with Crippen molar-refractivity contribution < 1.29 is 0 Å². The Morgan fingerprint density at radius 2 is 2.07 bits per heavy atom. The highest BCUT2D eigenvalue weighted by molar-refractivity contribution is 6.36. The molecule has 0 aliphatic rings. The van der Waals surface area contributed by atoms with Crippen LogP contribution in [0, 0.1) is 0 Å². The molecule has 0 saturated carbocycles. The lowest BCUT2D eigenvalue weighted by Crippen LogP contribution is -1.87. The van der Waals surface area contributed by atoms with Gasteiger partial charge in [-0.05, 0) is 30.2 Å². The third kappa shape index (κ3) is 1.58. The molecule has 1 heterocycles. The molecule has 0 aliphatic heterocycles. The van der Waals surface area contributed by atoms with Gasteiger partial charge in [-0.25, -0.2) is 0 Å². The van der Waals surface area contributed by atoms with Gasteiger partial charge in [0.05, 0.1) is 10.5 Å². The summed E-state index contributed by atoms with van der Waals surface area (Å²) in [5.74, 6) is 0. The van der Waals surface area contributed by atoms with Gasteiger partial charge in [0.25, 0.3) is 0 Å². The Morgan fingerprint density at radius 1 is 1.29 bits per heavy atom. The van der Waals surface area contributed by atoms with E-state index in [2.05, 4.69) is 11.9 Å². The number of pyridine rings is 1. The fraction of sp³-hybridized carbons (Fsp3) is 0.182. The zero-order chi connectivity index (χ0) is 10.1. The molecule has 2 rings (SSSR count). The average molecular weight is 226 g/mol. The van der Waals surface area contributed by atoms with Crippen molar-refractivity contribution in [2.45, 2.75) is 13.3 Å². The van der Waals surface area contributed by atoms with Crippen molar-refractivity contribution in [3.63, 3.8) is 0 Å². The molecule has 1 nitrogen and oxygen atoms in total. The molecule has 0 unspecified atom stereocenters. The summed E-state index contributed by atoms with van der Waals surface area (Å²) in [6, 6.07) is 5.56. The third-order valence-corrected chi connectivity index (χ3v) is 2.90. The largest absolute Gasteiger partial charge is 0.256 e. The lowest BCUT2D eigenvalue weighted by atomic mass is 10.1. The summed E-state index contributed by atoms with van der Waals surface area (Å²) in [4.78, 5) is 4.30. The number of fused-ring (bicyclic) bond motifs is 1. The SMILES string of the molecule is CCc1cnc2cc(Cl)ccc2c1Cl. The molecule has 0 spiro atoms. The van der Waals surface area contributed by atoms with Gasteiger partial charge in [-0.3, -0.25) is 4.98 Å². The van der Waals surface area contributed by atoms with Crippen molar-refractivity contribution >= 4 is 34.1 Å². The topological polar surface area (TPSA) is 12.9 Å². The van der Waals surface area contributed by atoms with E-state index in [1.165, 1.54) is 0 Å². The monoisotopic (exact) mass is 225 g/mol. The van der Waals surface area contributed by atoms with Gasteiger partial charge in [0, 0.05) is 16.6 Å². The summed E-state index contributed by atoms with van der Waals surface area (Å²) in [5.41, 5.74) is 1.92. The predicted molar refractivity (Wildman–Crippen MR) is 61.1 cm³/mol. The Kier molecular flexibility index (Phi) is 2.62. The smallest absolute Gasteiger partial charge is 0.0731 e. The Balaban J connectivity index is 2.77. The van der Waals surface area contributed by atoms with Crippen LogP contribution < -0.4 is 0 Å². The van der Waals surface area contributed by atoms with Crippen LogP contribution in [0.25, 0.3) is 10.9 Å². The van der Waals surface area contributed by atoms with Crippen LogP contribution in [0.15, 0.2) is 24.4 Å². The van der Waals surface area contributed by atoms with Gasteiger partial charge in [-0.2, -0.15) is 0 Å². The molecule has 0 fully saturated rings. The van der Waals surface area contributed by atoms with Crippen molar-refractivity contribution in [1.82, 2.24) is 4.98 Å². The Hall–Kier alpha value is -0.790. The maximum absolute atomic E-state index is 6.21. The summed E-state index contributed by atoms with van der Waals surface area (Å²) in [7, 11) is 0. The van der Waals surface area contributed by atoms with Gasteiger partial charge in [-0.1, -0.05) is 30.1 Å². The molecular weight excluding hydrogens is 217 g/mol. The second-order valence-electron chi connectivity index (χ2n) is 3.11. The molecule has 2 aromatic rings. The number of rotatable bonds is 1. The molecule has 72 valence electrons. The van der Waals surface area contributed by atoms with Crippen LogP contribution >= 0.6 is 23.2 Å². The molecular formula is C11H9Cl2N. The van der Waals surface area contributed by atoms with Gasteiger partial charge in [0.15, 0.2) is 0 Å². The molecule has 0 amide bonds. The van der Waals surface area contributed by atoms with Crippen LogP contribution in [0.4, 0.5) is 0 Å². The van der Waals surface area contributed by atoms with Gasteiger partial charge in [-0.15, -0.1) is 0 Å². The molecule has 0 aliphatic carbocycles. The highest BCUT2D eigenvalue weighted by Crippen LogP contribution is 2.27. The van der Waals surface area contributed by atoms with Crippen LogP contribution in [0.2, 0.25) is 10.0 Å². The molecule has 1 aromatic heterocycles. The minimum absolute atomic E-state index is 0.685. The van der Waals surface area contributed by atoms with Gasteiger partial charge in [0.1, 0.15) is 0 Å². The molecule has 1 aromatic carbocycles. The summed E-state index contributed by atoms with van der Waals surface area (Å²) >= 11 is 12.1. The summed E-state index contributed by atoms with van der Waals surface area (Å²) < 4.78 is 0. The fourth-order valence-corrected chi connectivity index (χ4v) is 1.93. The first kappa shape index (κ1) is 9.75. The van der Waals surface area contributed by atoms with E-state index < -0.39 is 0 Å². The second-order valence-corrected chi connectivity index (χ2v) is 3.93. The van der Waals surface area contributed by atoms with E-state index >= 15 is 0 Å². The van der Waals surface area contributed by atoms with E-state index in [0.717, 1.165) is 27.9 Å². The number of halogens is 2. The summed E-state index contributed by atoms with van der Waals surface area (Å²) in [5, 5.41) is 2.44. The summed E-state index contributed by atoms with van der Waals surface area (Å²) in [6.07, 6.45) is 2.70. The predicted octanol–water partition coefficient (Wildman–Crippen LogP) is 4.10. The van der Waals surface area contributed by atoms with Crippen LogP contribution in [-0.4, -0.2) is 4.98 Å². The first-order valence-corrected chi connectivity index (χ1v) is 5.20. The Bertz CT molecular complexity index is 480. The van der Waals surface area contributed by atoms with Gasteiger partial charge < -0.3 is 0 Å².